The zero-order chi connectivity index (χ0) is 23.5. The maximum Gasteiger partial charge on any atom is 0.307 e. The van der Waals surface area contributed by atoms with Gasteiger partial charge in [0.25, 0.3) is 0 Å². The lowest BCUT2D eigenvalue weighted by Gasteiger charge is -2.03. The summed E-state index contributed by atoms with van der Waals surface area (Å²) >= 11 is 1.44. The predicted molar refractivity (Wildman–Crippen MR) is 124 cm³/mol. The van der Waals surface area contributed by atoms with Crippen molar-refractivity contribution in [3.8, 4) is 6.07 Å². The highest BCUT2D eigenvalue weighted by Crippen LogP contribution is 2.35. The number of sulfone groups is 1. The number of hydrogen-bond acceptors (Lipinski definition) is 5. The Bertz CT molecular complexity index is 1090. The second kappa shape index (κ2) is 12.7. The standard InChI is InChI=1S/C16H14N2O2S.C4H8O2S.C2H6/c1-4-10(2)21-16-11(3)13(8-15(19)20)14-7-12(9-17)5-6-18(14)16;1-3-4-7(2,5)6;1-2/h4-7H,1-2,8H2,3H3,(H,19,20);3-4H,1-2H3;1-2H3/b;4-3+;. The Hall–Kier alpha value is -2.76. The third kappa shape index (κ3) is 8.31. The lowest BCUT2D eigenvalue weighted by atomic mass is 10.1. The van der Waals surface area contributed by atoms with Crippen LogP contribution >= 0.6 is 11.8 Å². The largest absolute Gasteiger partial charge is 0.481 e. The van der Waals surface area contributed by atoms with E-state index in [9.17, 15) is 13.2 Å². The number of thioether (sulfide) groups is 1. The molecule has 0 aliphatic carbocycles. The number of aromatic nitrogens is 1. The van der Waals surface area contributed by atoms with Crippen LogP contribution < -0.4 is 0 Å². The van der Waals surface area contributed by atoms with Crippen LogP contribution in [0.4, 0.5) is 0 Å². The van der Waals surface area contributed by atoms with Crippen molar-refractivity contribution in [3.05, 3.63) is 70.6 Å². The van der Waals surface area contributed by atoms with Crippen LogP contribution in [0.25, 0.3) is 5.52 Å². The highest BCUT2D eigenvalue weighted by Gasteiger charge is 2.18. The molecule has 6 nitrogen and oxygen atoms in total. The molecule has 2 aromatic heterocycles. The molecule has 30 heavy (non-hydrogen) atoms. The molecule has 0 atom stereocenters. The minimum Gasteiger partial charge on any atom is -0.481 e. The lowest BCUT2D eigenvalue weighted by molar-refractivity contribution is -0.136. The van der Waals surface area contributed by atoms with Crippen LogP contribution in [0.15, 0.2) is 59.0 Å². The molecule has 0 amide bonds. The summed E-state index contributed by atoms with van der Waals surface area (Å²) in [5.41, 5.74) is 2.86. The summed E-state index contributed by atoms with van der Waals surface area (Å²) in [6, 6.07) is 5.50. The van der Waals surface area contributed by atoms with Gasteiger partial charge >= 0.3 is 5.97 Å². The molecule has 0 bridgehead atoms. The molecule has 8 heteroatoms. The van der Waals surface area contributed by atoms with E-state index in [1.807, 2.05) is 25.2 Å². The molecular weight excluding hydrogens is 420 g/mol. The zero-order valence-corrected chi connectivity index (χ0v) is 19.6. The minimum absolute atomic E-state index is 0.0780. The van der Waals surface area contributed by atoms with Crippen molar-refractivity contribution >= 4 is 33.1 Å². The van der Waals surface area contributed by atoms with E-state index in [1.54, 1.807) is 31.3 Å². The molecule has 162 valence electrons. The number of carboxylic acid groups (broad SMARTS) is 1. The SMILES string of the molecule is C/C=C/S(C)(=O)=O.C=CC(=C)Sc1c(C)c(CC(=O)O)c2cc(C#N)ccn12.CC. The molecule has 1 N–H and O–H groups in total. The Morgan fingerprint density at radius 3 is 2.40 bits per heavy atom. The van der Waals surface area contributed by atoms with Crippen LogP contribution in [0.2, 0.25) is 0 Å². The number of aliphatic carboxylic acids is 1. The third-order valence-electron chi connectivity index (χ3n) is 3.55. The average Bonchev–Trinajstić information content (AvgIpc) is 2.93. The number of fused-ring (bicyclic) bond motifs is 1. The van der Waals surface area contributed by atoms with Crippen molar-refractivity contribution in [1.29, 1.82) is 5.26 Å². The first-order valence-corrected chi connectivity index (χ1v) is 11.9. The molecule has 0 unspecified atom stereocenters. The zero-order valence-electron chi connectivity index (χ0n) is 18.0. The molecule has 2 heterocycles. The summed E-state index contributed by atoms with van der Waals surface area (Å²) < 4.78 is 22.2. The van der Waals surface area contributed by atoms with Gasteiger partial charge in [0.05, 0.1) is 28.6 Å². The van der Waals surface area contributed by atoms with E-state index >= 15 is 0 Å². The second-order valence-electron chi connectivity index (χ2n) is 5.83. The summed E-state index contributed by atoms with van der Waals surface area (Å²) in [5.74, 6) is -0.896. The first kappa shape index (κ1) is 27.2. The number of allylic oxidation sites excluding steroid dienone is 2. The van der Waals surface area contributed by atoms with Crippen molar-refractivity contribution < 1.29 is 18.3 Å². The Labute approximate surface area is 183 Å². The topological polar surface area (TPSA) is 99.6 Å². The van der Waals surface area contributed by atoms with Crippen molar-refractivity contribution in [2.45, 2.75) is 39.1 Å². The summed E-state index contributed by atoms with van der Waals surface area (Å²) in [5, 5.41) is 20.2. The van der Waals surface area contributed by atoms with Gasteiger partial charge in [0.15, 0.2) is 9.84 Å². The molecule has 0 spiro atoms. The smallest absolute Gasteiger partial charge is 0.307 e. The molecule has 0 saturated heterocycles. The Morgan fingerprint density at radius 2 is 2.00 bits per heavy atom. The van der Waals surface area contributed by atoms with Crippen LogP contribution in [0.5, 0.6) is 0 Å². The molecule has 2 rings (SSSR count). The molecule has 0 fully saturated rings. The summed E-state index contributed by atoms with van der Waals surface area (Å²) in [6.45, 7) is 15.1. The van der Waals surface area contributed by atoms with E-state index in [2.05, 4.69) is 19.2 Å². The van der Waals surface area contributed by atoms with Crippen LogP contribution in [0.3, 0.4) is 0 Å². The molecule has 0 aromatic carbocycles. The molecule has 0 aliphatic heterocycles. The fourth-order valence-corrected chi connectivity index (χ4v) is 3.75. The van der Waals surface area contributed by atoms with E-state index in [-0.39, 0.29) is 6.42 Å². The second-order valence-corrected chi connectivity index (χ2v) is 8.88. The summed E-state index contributed by atoms with van der Waals surface area (Å²) in [6.07, 6.45) is 6.02. The number of rotatable bonds is 6. The third-order valence-corrected chi connectivity index (χ3v) is 5.44. The maximum atomic E-state index is 11.1. The van der Waals surface area contributed by atoms with E-state index in [0.717, 1.165) is 38.2 Å². The number of nitrogens with zero attached hydrogens (tertiary/aromatic N) is 2. The minimum atomic E-state index is -2.85. The van der Waals surface area contributed by atoms with Crippen molar-refractivity contribution in [2.75, 3.05) is 6.26 Å². The van der Waals surface area contributed by atoms with Crippen molar-refractivity contribution in [3.63, 3.8) is 0 Å². The normalized spacial score (nSPS) is 10.4. The van der Waals surface area contributed by atoms with Crippen molar-refractivity contribution in [2.24, 2.45) is 0 Å². The summed E-state index contributed by atoms with van der Waals surface area (Å²) in [7, 11) is -2.85. The van der Waals surface area contributed by atoms with Gasteiger partial charge in [-0.2, -0.15) is 5.26 Å². The van der Waals surface area contributed by atoms with E-state index in [4.69, 9.17) is 10.4 Å². The van der Waals surface area contributed by atoms with E-state index in [1.165, 1.54) is 17.8 Å². The molecule has 2 aromatic rings. The Kier molecular flexibility index (Phi) is 11.6. The Morgan fingerprint density at radius 1 is 1.40 bits per heavy atom. The molecule has 0 radical (unpaired) electrons. The van der Waals surface area contributed by atoms with Crippen LogP contribution in [-0.4, -0.2) is 30.2 Å². The quantitative estimate of drug-likeness (QED) is 0.486. The number of carboxylic acids is 1. The highest BCUT2D eigenvalue weighted by molar-refractivity contribution is 8.03. The van der Waals surface area contributed by atoms with Gasteiger partial charge in [-0.05, 0) is 37.1 Å². The first-order valence-electron chi connectivity index (χ1n) is 9.11. The lowest BCUT2D eigenvalue weighted by Crippen LogP contribution is -2.01. The number of pyridine rings is 1. The highest BCUT2D eigenvalue weighted by atomic mass is 32.2. The van der Waals surface area contributed by atoms with E-state index < -0.39 is 15.8 Å². The maximum absolute atomic E-state index is 11.1. The molecule has 0 saturated carbocycles. The number of nitriles is 1. The Balaban J connectivity index is 0.000000795. The van der Waals surface area contributed by atoms with Gasteiger partial charge in [-0.1, -0.05) is 50.9 Å². The van der Waals surface area contributed by atoms with Gasteiger partial charge in [0.1, 0.15) is 0 Å². The number of hydrogen-bond donors (Lipinski definition) is 1. The van der Waals surface area contributed by atoms with Crippen molar-refractivity contribution in [1.82, 2.24) is 4.40 Å². The van der Waals surface area contributed by atoms with Gasteiger partial charge in [-0.3, -0.25) is 4.79 Å². The first-order chi connectivity index (χ1) is 14.0. The monoisotopic (exact) mass is 448 g/mol. The van der Waals surface area contributed by atoms with Crippen LogP contribution in [0.1, 0.15) is 37.5 Å². The van der Waals surface area contributed by atoms with Crippen LogP contribution in [0, 0.1) is 18.3 Å². The number of carbonyl (C=O) groups is 1. The van der Waals surface area contributed by atoms with Gasteiger partial charge in [0.2, 0.25) is 0 Å². The molecule has 0 aliphatic rings. The average molecular weight is 449 g/mol. The van der Waals surface area contributed by atoms with E-state index in [0.29, 0.717) is 5.56 Å². The van der Waals surface area contributed by atoms with Gasteiger partial charge < -0.3 is 9.51 Å². The van der Waals surface area contributed by atoms with Gasteiger partial charge in [-0.25, -0.2) is 8.42 Å². The summed E-state index contributed by atoms with van der Waals surface area (Å²) in [4.78, 5) is 11.9. The predicted octanol–water partition coefficient (Wildman–Crippen LogP) is 5.13. The van der Waals surface area contributed by atoms with Gasteiger partial charge in [0, 0.05) is 22.8 Å². The van der Waals surface area contributed by atoms with Crippen LogP contribution in [-0.2, 0) is 21.1 Å². The van der Waals surface area contributed by atoms with Gasteiger partial charge in [-0.15, -0.1) is 0 Å². The molecular formula is C22H28N2O4S2. The fourth-order valence-electron chi connectivity index (χ4n) is 2.39. The fraction of sp³-hybridized carbons (Fsp3) is 0.273.